The van der Waals surface area contributed by atoms with Crippen LogP contribution in [0.2, 0.25) is 0 Å². The van der Waals surface area contributed by atoms with Crippen LogP contribution in [0.15, 0.2) is 16.3 Å². The molecule has 2 heterocycles. The van der Waals surface area contributed by atoms with E-state index < -0.39 is 5.97 Å². The van der Waals surface area contributed by atoms with Gasteiger partial charge < -0.3 is 9.84 Å². The Morgan fingerprint density at radius 1 is 1.62 bits per heavy atom. The summed E-state index contributed by atoms with van der Waals surface area (Å²) in [6, 6.07) is 0. The number of hydrogen-bond acceptors (Lipinski definition) is 4. The summed E-state index contributed by atoms with van der Waals surface area (Å²) in [5.41, 5.74) is 0.311. The highest BCUT2D eigenvalue weighted by Crippen LogP contribution is 2.28. The molecule has 0 spiro atoms. The van der Waals surface area contributed by atoms with Gasteiger partial charge >= 0.3 is 5.97 Å². The molecule has 4 heteroatoms. The maximum atomic E-state index is 11.1. The van der Waals surface area contributed by atoms with Gasteiger partial charge in [0.1, 0.15) is 5.76 Å². The van der Waals surface area contributed by atoms with Gasteiger partial charge in [0, 0.05) is 6.54 Å². The van der Waals surface area contributed by atoms with Crippen LogP contribution in [0.1, 0.15) is 19.8 Å². The molecule has 1 unspecified atom stereocenters. The number of fused-ring (bicyclic) bond motifs is 1. The van der Waals surface area contributed by atoms with Crippen molar-refractivity contribution in [2.45, 2.75) is 19.8 Å². The molecule has 1 atom stereocenters. The van der Waals surface area contributed by atoms with E-state index in [0.29, 0.717) is 18.0 Å². The molecule has 1 N–H and O–H groups in total. The fourth-order valence-electron chi connectivity index (χ4n) is 1.61. The molecule has 0 amide bonds. The smallest absolute Gasteiger partial charge is 0.343 e. The fraction of sp³-hybridized carbons (Fsp3) is 0.556. The third-order valence-electron chi connectivity index (χ3n) is 2.43. The molecule has 70 valence electrons. The quantitative estimate of drug-likeness (QED) is 0.571. The monoisotopic (exact) mass is 181 g/mol. The molecule has 0 aromatic rings. The first kappa shape index (κ1) is 8.29. The molecule has 0 fully saturated rings. The third kappa shape index (κ3) is 1.22. The van der Waals surface area contributed by atoms with Gasteiger partial charge in [-0.2, -0.15) is 0 Å². The standard InChI is InChI=1S/C9H11NO3/c1-5-7(11)6-3-2-4-10-8(6)13-9(5)12/h6,11H,2-4H2,1H3. The van der Waals surface area contributed by atoms with E-state index in [2.05, 4.69) is 4.99 Å². The van der Waals surface area contributed by atoms with Crippen LogP contribution in [0.4, 0.5) is 0 Å². The van der Waals surface area contributed by atoms with Crippen molar-refractivity contribution in [1.29, 1.82) is 0 Å². The first-order chi connectivity index (χ1) is 6.20. The number of carbonyl (C=O) groups is 1. The summed E-state index contributed by atoms with van der Waals surface area (Å²) in [5, 5.41) is 9.64. The average Bonchev–Trinajstić information content (AvgIpc) is 2.15. The van der Waals surface area contributed by atoms with Gasteiger partial charge in [0.15, 0.2) is 0 Å². The van der Waals surface area contributed by atoms with Gasteiger partial charge in [0.25, 0.3) is 0 Å². The zero-order valence-corrected chi connectivity index (χ0v) is 7.41. The van der Waals surface area contributed by atoms with E-state index in [1.807, 2.05) is 0 Å². The van der Waals surface area contributed by atoms with Crippen LogP contribution in [0.3, 0.4) is 0 Å². The molecule has 0 aliphatic carbocycles. The van der Waals surface area contributed by atoms with E-state index in [1.165, 1.54) is 0 Å². The maximum Gasteiger partial charge on any atom is 0.343 e. The highest BCUT2D eigenvalue weighted by molar-refractivity contribution is 6.03. The predicted molar refractivity (Wildman–Crippen MR) is 46.4 cm³/mol. The highest BCUT2D eigenvalue weighted by Gasteiger charge is 2.34. The lowest BCUT2D eigenvalue weighted by Crippen LogP contribution is -2.32. The summed E-state index contributed by atoms with van der Waals surface area (Å²) in [5.74, 6) is -0.130. The number of hydrogen-bond donors (Lipinski definition) is 1. The summed E-state index contributed by atoms with van der Waals surface area (Å²) < 4.78 is 4.97. The SMILES string of the molecule is CC1=C(O)C2CCCN=C2OC1=O. The molecule has 0 saturated carbocycles. The number of aliphatic hydroxyl groups is 1. The second-order valence-electron chi connectivity index (χ2n) is 3.31. The molecule has 2 rings (SSSR count). The van der Waals surface area contributed by atoms with Gasteiger partial charge in [-0.1, -0.05) is 0 Å². The molecule has 4 nitrogen and oxygen atoms in total. The zero-order chi connectivity index (χ0) is 9.42. The molecule has 0 bridgehead atoms. The molecule has 13 heavy (non-hydrogen) atoms. The summed E-state index contributed by atoms with van der Waals surface area (Å²) in [6.07, 6.45) is 1.75. The van der Waals surface area contributed by atoms with Crippen molar-refractivity contribution in [2.75, 3.05) is 6.54 Å². The minimum Gasteiger partial charge on any atom is -0.511 e. The van der Waals surface area contributed by atoms with Crippen molar-refractivity contribution in [2.24, 2.45) is 10.9 Å². The van der Waals surface area contributed by atoms with E-state index >= 15 is 0 Å². The third-order valence-corrected chi connectivity index (χ3v) is 2.43. The molecule has 2 aliphatic rings. The first-order valence-corrected chi connectivity index (χ1v) is 4.36. The maximum absolute atomic E-state index is 11.1. The van der Waals surface area contributed by atoms with Crippen LogP contribution >= 0.6 is 0 Å². The van der Waals surface area contributed by atoms with Crippen LogP contribution < -0.4 is 0 Å². The van der Waals surface area contributed by atoms with Gasteiger partial charge in [-0.25, -0.2) is 4.79 Å². The van der Waals surface area contributed by atoms with Crippen molar-refractivity contribution in [1.82, 2.24) is 0 Å². The first-order valence-electron chi connectivity index (χ1n) is 4.36. The Morgan fingerprint density at radius 2 is 2.38 bits per heavy atom. The topological polar surface area (TPSA) is 58.9 Å². The van der Waals surface area contributed by atoms with Crippen LogP contribution in [0.5, 0.6) is 0 Å². The molecular formula is C9H11NO3. The molecule has 0 radical (unpaired) electrons. The van der Waals surface area contributed by atoms with Crippen LogP contribution in [0.25, 0.3) is 0 Å². The second-order valence-corrected chi connectivity index (χ2v) is 3.31. The number of rotatable bonds is 0. The van der Waals surface area contributed by atoms with Crippen molar-refractivity contribution in [3.05, 3.63) is 11.3 Å². The van der Waals surface area contributed by atoms with E-state index in [0.717, 1.165) is 12.8 Å². The minimum atomic E-state index is -0.477. The summed E-state index contributed by atoms with van der Waals surface area (Å²) in [6.45, 7) is 2.26. The largest absolute Gasteiger partial charge is 0.511 e. The average molecular weight is 181 g/mol. The molecule has 0 aromatic heterocycles. The Hall–Kier alpha value is -1.32. The van der Waals surface area contributed by atoms with Crippen molar-refractivity contribution < 1.29 is 14.6 Å². The summed E-state index contributed by atoms with van der Waals surface area (Å²) >= 11 is 0. The number of aliphatic hydroxyl groups excluding tert-OH is 1. The van der Waals surface area contributed by atoms with Crippen molar-refractivity contribution in [3.63, 3.8) is 0 Å². The molecular weight excluding hydrogens is 170 g/mol. The minimum absolute atomic E-state index is 0.134. The predicted octanol–water partition coefficient (Wildman–Crippen LogP) is 1.18. The van der Waals surface area contributed by atoms with Gasteiger partial charge in [-0.15, -0.1) is 0 Å². The molecule has 0 aromatic carbocycles. The zero-order valence-electron chi connectivity index (χ0n) is 7.41. The lowest BCUT2D eigenvalue weighted by atomic mass is 9.94. The number of nitrogens with zero attached hydrogens (tertiary/aromatic N) is 1. The fourth-order valence-corrected chi connectivity index (χ4v) is 1.61. The van der Waals surface area contributed by atoms with E-state index in [-0.39, 0.29) is 11.7 Å². The van der Waals surface area contributed by atoms with E-state index in [1.54, 1.807) is 6.92 Å². The lowest BCUT2D eigenvalue weighted by Gasteiger charge is -2.26. The number of esters is 1. The van der Waals surface area contributed by atoms with Crippen molar-refractivity contribution in [3.8, 4) is 0 Å². The second kappa shape index (κ2) is 2.87. The summed E-state index contributed by atoms with van der Waals surface area (Å²) in [7, 11) is 0. The van der Waals surface area contributed by atoms with Gasteiger partial charge in [0.05, 0.1) is 11.5 Å². The Balaban J connectivity index is 2.41. The van der Waals surface area contributed by atoms with Gasteiger partial charge in [-0.05, 0) is 19.8 Å². The number of carbonyl (C=O) groups excluding carboxylic acids is 1. The lowest BCUT2D eigenvalue weighted by molar-refractivity contribution is -0.132. The van der Waals surface area contributed by atoms with Gasteiger partial charge in [-0.3, -0.25) is 4.99 Å². The van der Waals surface area contributed by atoms with Crippen LogP contribution in [0, 0.1) is 5.92 Å². The van der Waals surface area contributed by atoms with E-state index in [9.17, 15) is 9.90 Å². The molecule has 2 aliphatic heterocycles. The Bertz CT molecular complexity index is 317. The van der Waals surface area contributed by atoms with Crippen molar-refractivity contribution >= 4 is 11.9 Å². The Morgan fingerprint density at radius 3 is 3.15 bits per heavy atom. The van der Waals surface area contributed by atoms with E-state index in [4.69, 9.17) is 4.74 Å². The van der Waals surface area contributed by atoms with Gasteiger partial charge in [0.2, 0.25) is 5.90 Å². The number of ether oxygens (including phenoxy) is 1. The van der Waals surface area contributed by atoms with Crippen LogP contribution in [-0.2, 0) is 9.53 Å². The Kier molecular flexibility index (Phi) is 1.83. The van der Waals surface area contributed by atoms with Crippen LogP contribution in [-0.4, -0.2) is 23.5 Å². The normalized spacial score (nSPS) is 27.9. The Labute approximate surface area is 75.9 Å². The highest BCUT2D eigenvalue weighted by atomic mass is 16.5. The number of aliphatic imine (C=N–C) groups is 1. The molecule has 0 saturated heterocycles. The summed E-state index contributed by atoms with van der Waals surface area (Å²) in [4.78, 5) is 15.2.